The van der Waals surface area contributed by atoms with Gasteiger partial charge in [-0.05, 0) is 31.6 Å². The van der Waals surface area contributed by atoms with Crippen LogP contribution in [0.1, 0.15) is 32.6 Å². The molecular weight excluding hydrogens is 272 g/mol. The summed E-state index contributed by atoms with van der Waals surface area (Å²) >= 11 is 1.97. The molecule has 0 aromatic carbocycles. The second kappa shape index (κ2) is 7.66. The van der Waals surface area contributed by atoms with E-state index in [1.165, 1.54) is 5.75 Å². The summed E-state index contributed by atoms with van der Waals surface area (Å²) in [6, 6.07) is 0.414. The van der Waals surface area contributed by atoms with Gasteiger partial charge in [0.05, 0.1) is 12.0 Å². The van der Waals surface area contributed by atoms with Gasteiger partial charge < -0.3 is 15.0 Å². The minimum atomic E-state index is -0.157. The normalized spacial score (nSPS) is 29.8. The zero-order valence-electron chi connectivity index (χ0n) is 12.8. The largest absolute Gasteiger partial charge is 0.383 e. The number of carbonyl (C=O) groups excluding carboxylic acids is 1. The third-order valence-corrected chi connectivity index (χ3v) is 5.71. The highest BCUT2D eigenvalue weighted by molar-refractivity contribution is 7.99. The molecule has 0 radical (unpaired) electrons. The van der Waals surface area contributed by atoms with Gasteiger partial charge in [-0.1, -0.05) is 13.3 Å². The Bertz CT molecular complexity index is 313. The van der Waals surface area contributed by atoms with Crippen LogP contribution in [-0.2, 0) is 9.53 Å². The van der Waals surface area contributed by atoms with Gasteiger partial charge in [0.1, 0.15) is 0 Å². The minimum absolute atomic E-state index is 0.157. The highest BCUT2D eigenvalue weighted by atomic mass is 32.2. The van der Waals surface area contributed by atoms with E-state index in [4.69, 9.17) is 4.74 Å². The van der Waals surface area contributed by atoms with E-state index >= 15 is 0 Å². The van der Waals surface area contributed by atoms with Crippen LogP contribution in [0.4, 0.5) is 0 Å². The number of carbonyl (C=O) groups is 1. The number of amides is 1. The maximum atomic E-state index is 13.2. The van der Waals surface area contributed by atoms with Gasteiger partial charge in [0, 0.05) is 32.0 Å². The summed E-state index contributed by atoms with van der Waals surface area (Å²) < 4.78 is 5.22. The van der Waals surface area contributed by atoms with E-state index in [0.29, 0.717) is 18.6 Å². The lowest BCUT2D eigenvalue weighted by Gasteiger charge is -2.37. The predicted molar refractivity (Wildman–Crippen MR) is 84.1 cm³/mol. The molecule has 0 bridgehead atoms. The van der Waals surface area contributed by atoms with Crippen molar-refractivity contribution in [1.82, 2.24) is 10.2 Å². The molecule has 4 nitrogen and oxygen atoms in total. The standard InChI is InChI=1S/C15H28N2O2S/c1-3-5-15(6-7-16-12-15)14(18)17(8-9-19-2)13-4-10-20-11-13/h13,16H,3-12H2,1-2H3. The molecular formula is C15H28N2O2S. The molecule has 2 unspecified atom stereocenters. The first-order valence-corrected chi connectivity index (χ1v) is 8.97. The van der Waals surface area contributed by atoms with Crippen molar-refractivity contribution in [2.75, 3.05) is 44.9 Å². The molecule has 0 saturated carbocycles. The first kappa shape index (κ1) is 16.1. The number of hydrogen-bond acceptors (Lipinski definition) is 4. The van der Waals surface area contributed by atoms with E-state index in [9.17, 15) is 4.79 Å². The SMILES string of the molecule is CCCC1(C(=O)N(CCOC)C2CCSC2)CCNC1. The van der Waals surface area contributed by atoms with Crippen molar-refractivity contribution in [3.63, 3.8) is 0 Å². The molecule has 0 aromatic rings. The maximum absolute atomic E-state index is 13.2. The van der Waals surface area contributed by atoms with Crippen molar-refractivity contribution in [1.29, 1.82) is 0 Å². The third-order valence-electron chi connectivity index (χ3n) is 4.57. The van der Waals surface area contributed by atoms with Crippen molar-refractivity contribution in [2.45, 2.75) is 38.6 Å². The molecule has 1 N–H and O–H groups in total. The van der Waals surface area contributed by atoms with Crippen molar-refractivity contribution in [3.8, 4) is 0 Å². The topological polar surface area (TPSA) is 41.6 Å². The van der Waals surface area contributed by atoms with Crippen molar-refractivity contribution in [3.05, 3.63) is 0 Å². The number of ether oxygens (including phenoxy) is 1. The van der Waals surface area contributed by atoms with Gasteiger partial charge in [-0.2, -0.15) is 11.8 Å². The molecule has 116 valence electrons. The van der Waals surface area contributed by atoms with Crippen LogP contribution in [0.3, 0.4) is 0 Å². The van der Waals surface area contributed by atoms with Crippen LogP contribution in [0.5, 0.6) is 0 Å². The molecule has 2 heterocycles. The summed E-state index contributed by atoms with van der Waals surface area (Å²) in [5, 5.41) is 3.40. The third kappa shape index (κ3) is 3.49. The molecule has 20 heavy (non-hydrogen) atoms. The Labute approximate surface area is 127 Å². The van der Waals surface area contributed by atoms with Gasteiger partial charge in [0.2, 0.25) is 5.91 Å². The van der Waals surface area contributed by atoms with Crippen LogP contribution in [0.2, 0.25) is 0 Å². The molecule has 2 fully saturated rings. The summed E-state index contributed by atoms with van der Waals surface area (Å²) in [6.07, 6.45) is 4.20. The summed E-state index contributed by atoms with van der Waals surface area (Å²) in [4.78, 5) is 15.3. The van der Waals surface area contributed by atoms with Gasteiger partial charge in [-0.25, -0.2) is 0 Å². The molecule has 2 aliphatic heterocycles. The summed E-state index contributed by atoms with van der Waals surface area (Å²) in [7, 11) is 1.71. The number of nitrogens with zero attached hydrogens (tertiary/aromatic N) is 1. The van der Waals surface area contributed by atoms with E-state index in [2.05, 4.69) is 17.1 Å². The second-order valence-corrected chi connectivity index (χ2v) is 7.12. The van der Waals surface area contributed by atoms with Crippen LogP contribution in [0, 0.1) is 5.41 Å². The second-order valence-electron chi connectivity index (χ2n) is 5.97. The Morgan fingerprint density at radius 2 is 2.40 bits per heavy atom. The van der Waals surface area contributed by atoms with Crippen LogP contribution in [-0.4, -0.2) is 61.7 Å². The number of thioether (sulfide) groups is 1. The maximum Gasteiger partial charge on any atom is 0.230 e. The minimum Gasteiger partial charge on any atom is -0.383 e. The zero-order chi connectivity index (χ0) is 14.4. The average molecular weight is 300 g/mol. The molecule has 0 aromatic heterocycles. The monoisotopic (exact) mass is 300 g/mol. The molecule has 2 atom stereocenters. The lowest BCUT2D eigenvalue weighted by Crippen LogP contribution is -2.51. The summed E-state index contributed by atoms with van der Waals surface area (Å²) in [6.45, 7) is 5.39. The number of hydrogen-bond donors (Lipinski definition) is 1. The molecule has 2 rings (SSSR count). The van der Waals surface area contributed by atoms with Gasteiger partial charge in [0.15, 0.2) is 0 Å². The highest BCUT2D eigenvalue weighted by Crippen LogP contribution is 2.35. The lowest BCUT2D eigenvalue weighted by atomic mass is 9.80. The van der Waals surface area contributed by atoms with Crippen molar-refractivity contribution < 1.29 is 9.53 Å². The Hall–Kier alpha value is -0.260. The zero-order valence-corrected chi connectivity index (χ0v) is 13.6. The molecule has 2 aliphatic rings. The predicted octanol–water partition coefficient (Wildman–Crippen LogP) is 1.75. The molecule has 1 amide bonds. The van der Waals surface area contributed by atoms with Crippen molar-refractivity contribution in [2.24, 2.45) is 5.41 Å². The Morgan fingerprint density at radius 3 is 2.95 bits per heavy atom. The van der Waals surface area contributed by atoms with E-state index < -0.39 is 0 Å². The van der Waals surface area contributed by atoms with Crippen molar-refractivity contribution >= 4 is 17.7 Å². The fraction of sp³-hybridized carbons (Fsp3) is 0.933. The van der Waals surface area contributed by atoms with Crippen LogP contribution >= 0.6 is 11.8 Å². The number of methoxy groups -OCH3 is 1. The van der Waals surface area contributed by atoms with Gasteiger partial charge >= 0.3 is 0 Å². The highest BCUT2D eigenvalue weighted by Gasteiger charge is 2.44. The number of rotatable bonds is 7. The average Bonchev–Trinajstić information content (AvgIpc) is 3.11. The van der Waals surface area contributed by atoms with E-state index in [0.717, 1.165) is 51.1 Å². The van der Waals surface area contributed by atoms with Crippen LogP contribution < -0.4 is 5.32 Å². The van der Waals surface area contributed by atoms with E-state index in [-0.39, 0.29) is 5.41 Å². The summed E-state index contributed by atoms with van der Waals surface area (Å²) in [5.41, 5.74) is -0.157. The molecule has 5 heteroatoms. The van der Waals surface area contributed by atoms with E-state index in [1.807, 2.05) is 11.8 Å². The molecule has 2 saturated heterocycles. The fourth-order valence-corrected chi connectivity index (χ4v) is 4.66. The van der Waals surface area contributed by atoms with Gasteiger partial charge in [-0.3, -0.25) is 4.79 Å². The lowest BCUT2D eigenvalue weighted by molar-refractivity contribution is -0.144. The first-order chi connectivity index (χ1) is 9.73. The van der Waals surface area contributed by atoms with Crippen LogP contribution in [0.15, 0.2) is 0 Å². The number of nitrogens with one attached hydrogen (secondary N) is 1. The quantitative estimate of drug-likeness (QED) is 0.778. The molecule has 0 spiro atoms. The van der Waals surface area contributed by atoms with E-state index in [1.54, 1.807) is 7.11 Å². The van der Waals surface area contributed by atoms with Gasteiger partial charge in [0.25, 0.3) is 0 Å². The Morgan fingerprint density at radius 1 is 1.55 bits per heavy atom. The smallest absolute Gasteiger partial charge is 0.230 e. The van der Waals surface area contributed by atoms with Gasteiger partial charge in [-0.15, -0.1) is 0 Å². The summed E-state index contributed by atoms with van der Waals surface area (Å²) in [5.74, 6) is 2.64. The van der Waals surface area contributed by atoms with Crippen LogP contribution in [0.25, 0.3) is 0 Å². The first-order valence-electron chi connectivity index (χ1n) is 7.82. The Balaban J connectivity index is 2.10. The fourth-order valence-electron chi connectivity index (χ4n) is 3.44. The molecule has 0 aliphatic carbocycles. The Kier molecular flexibility index (Phi) is 6.18.